The molecule has 0 aliphatic heterocycles. The number of nitrogens with zero attached hydrogens (tertiary/aromatic N) is 3. The van der Waals surface area contributed by atoms with Crippen molar-refractivity contribution < 1.29 is 17.9 Å². The molecule has 0 saturated heterocycles. The number of rotatable bonds is 7. The predicted molar refractivity (Wildman–Crippen MR) is 90.8 cm³/mol. The first kappa shape index (κ1) is 18.3. The lowest BCUT2D eigenvalue weighted by atomic mass is 10.3. The van der Waals surface area contributed by atoms with Gasteiger partial charge in [0.05, 0.1) is 24.8 Å². The highest BCUT2D eigenvalue weighted by atomic mass is 32.2. The lowest BCUT2D eigenvalue weighted by molar-refractivity contribution is 0.353. The molecule has 0 radical (unpaired) electrons. The van der Waals surface area contributed by atoms with Crippen molar-refractivity contribution in [3.05, 3.63) is 35.7 Å². The van der Waals surface area contributed by atoms with E-state index in [9.17, 15) is 8.42 Å². The SMILES string of the molecule is CCn1cc(CN(C)S(=O)(=O)c2ccc(OC)c(OC)c2)c(C)n1. The molecule has 2 rings (SSSR count). The molecule has 0 spiro atoms. The lowest BCUT2D eigenvalue weighted by Gasteiger charge is -2.18. The summed E-state index contributed by atoms with van der Waals surface area (Å²) in [5.74, 6) is 0.862. The van der Waals surface area contributed by atoms with Crippen LogP contribution in [0.3, 0.4) is 0 Å². The summed E-state index contributed by atoms with van der Waals surface area (Å²) in [7, 11) is 0.881. The summed E-state index contributed by atoms with van der Waals surface area (Å²) in [6.07, 6.45) is 1.87. The standard InChI is InChI=1S/C16H23N3O4S/c1-6-19-11-13(12(2)17-19)10-18(3)24(20,21)14-7-8-15(22-4)16(9-14)23-5/h7-9,11H,6,10H2,1-5H3. The topological polar surface area (TPSA) is 73.7 Å². The summed E-state index contributed by atoms with van der Waals surface area (Å²) in [6, 6.07) is 4.56. The zero-order valence-electron chi connectivity index (χ0n) is 14.6. The van der Waals surface area contributed by atoms with E-state index in [-0.39, 0.29) is 11.4 Å². The van der Waals surface area contributed by atoms with Crippen molar-refractivity contribution in [2.75, 3.05) is 21.3 Å². The number of hydrogen-bond acceptors (Lipinski definition) is 5. The van der Waals surface area contributed by atoms with Crippen molar-refractivity contribution in [3.63, 3.8) is 0 Å². The van der Waals surface area contributed by atoms with Crippen molar-refractivity contribution in [1.29, 1.82) is 0 Å². The van der Waals surface area contributed by atoms with E-state index in [1.807, 2.05) is 20.0 Å². The zero-order valence-corrected chi connectivity index (χ0v) is 15.4. The Kier molecular flexibility index (Phi) is 5.51. The maximum atomic E-state index is 12.8. The fourth-order valence-electron chi connectivity index (χ4n) is 2.36. The van der Waals surface area contributed by atoms with Crippen LogP contribution in [-0.4, -0.2) is 43.8 Å². The normalized spacial score (nSPS) is 11.8. The number of methoxy groups -OCH3 is 2. The maximum absolute atomic E-state index is 12.8. The summed E-state index contributed by atoms with van der Waals surface area (Å²) >= 11 is 0. The van der Waals surface area contributed by atoms with Crippen molar-refractivity contribution in [3.8, 4) is 11.5 Å². The highest BCUT2D eigenvalue weighted by Crippen LogP contribution is 2.30. The lowest BCUT2D eigenvalue weighted by Crippen LogP contribution is -2.26. The highest BCUT2D eigenvalue weighted by Gasteiger charge is 2.23. The van der Waals surface area contributed by atoms with E-state index in [2.05, 4.69) is 5.10 Å². The Bertz CT molecular complexity index is 815. The van der Waals surface area contributed by atoms with Gasteiger partial charge in [0.15, 0.2) is 11.5 Å². The fraction of sp³-hybridized carbons (Fsp3) is 0.438. The van der Waals surface area contributed by atoms with Crippen LogP contribution in [0.1, 0.15) is 18.2 Å². The molecule has 2 aromatic rings. The van der Waals surface area contributed by atoms with Gasteiger partial charge in [0.1, 0.15) is 0 Å². The molecular formula is C16H23N3O4S. The van der Waals surface area contributed by atoms with Crippen molar-refractivity contribution in [2.45, 2.75) is 31.8 Å². The molecule has 0 unspecified atom stereocenters. The number of hydrogen-bond donors (Lipinski definition) is 0. The van der Waals surface area contributed by atoms with Gasteiger partial charge < -0.3 is 9.47 Å². The zero-order chi connectivity index (χ0) is 17.9. The summed E-state index contributed by atoms with van der Waals surface area (Å²) in [4.78, 5) is 0.156. The molecular weight excluding hydrogens is 330 g/mol. The molecule has 7 nitrogen and oxygen atoms in total. The van der Waals surface area contributed by atoms with E-state index in [1.54, 1.807) is 17.8 Å². The van der Waals surface area contributed by atoms with Gasteiger partial charge in [-0.25, -0.2) is 8.42 Å². The first-order valence-electron chi connectivity index (χ1n) is 7.54. The van der Waals surface area contributed by atoms with Crippen LogP contribution >= 0.6 is 0 Å². The highest BCUT2D eigenvalue weighted by molar-refractivity contribution is 7.89. The molecule has 1 heterocycles. The third-order valence-electron chi connectivity index (χ3n) is 3.83. The molecule has 0 aliphatic carbocycles. The Labute approximate surface area is 142 Å². The van der Waals surface area contributed by atoms with E-state index in [1.165, 1.54) is 30.7 Å². The first-order valence-corrected chi connectivity index (χ1v) is 8.98. The van der Waals surface area contributed by atoms with Gasteiger partial charge in [-0.1, -0.05) is 0 Å². The molecule has 1 aromatic carbocycles. The summed E-state index contributed by atoms with van der Waals surface area (Å²) in [5.41, 5.74) is 1.70. The van der Waals surface area contributed by atoms with E-state index < -0.39 is 10.0 Å². The van der Waals surface area contributed by atoms with Crippen molar-refractivity contribution in [1.82, 2.24) is 14.1 Å². The molecule has 0 saturated carbocycles. The average Bonchev–Trinajstić information content (AvgIpc) is 2.93. The molecule has 0 bridgehead atoms. The molecule has 0 aliphatic rings. The van der Waals surface area contributed by atoms with Crippen molar-refractivity contribution in [2.24, 2.45) is 0 Å². The molecule has 132 valence electrons. The minimum Gasteiger partial charge on any atom is -0.493 e. The largest absolute Gasteiger partial charge is 0.493 e. The average molecular weight is 353 g/mol. The van der Waals surface area contributed by atoms with Gasteiger partial charge in [-0.15, -0.1) is 0 Å². The van der Waals surface area contributed by atoms with Gasteiger partial charge in [0.2, 0.25) is 10.0 Å². The minimum atomic E-state index is -3.65. The molecule has 0 amide bonds. The van der Waals surface area contributed by atoms with Gasteiger partial charge >= 0.3 is 0 Å². The minimum absolute atomic E-state index is 0.156. The Morgan fingerprint density at radius 3 is 2.42 bits per heavy atom. The fourth-order valence-corrected chi connectivity index (χ4v) is 3.52. The second-order valence-electron chi connectivity index (χ2n) is 5.37. The second-order valence-corrected chi connectivity index (χ2v) is 7.42. The summed E-state index contributed by atoms with van der Waals surface area (Å²) in [5, 5.41) is 4.35. The Balaban J connectivity index is 2.30. The van der Waals surface area contributed by atoms with Crippen LogP contribution < -0.4 is 9.47 Å². The molecule has 0 fully saturated rings. The van der Waals surface area contributed by atoms with Crippen LogP contribution in [-0.2, 0) is 23.1 Å². The van der Waals surface area contributed by atoms with Crippen LogP contribution in [0, 0.1) is 6.92 Å². The van der Waals surface area contributed by atoms with Crippen LogP contribution in [0.2, 0.25) is 0 Å². The van der Waals surface area contributed by atoms with Crippen LogP contribution in [0.5, 0.6) is 11.5 Å². The van der Waals surface area contributed by atoms with E-state index in [0.29, 0.717) is 11.5 Å². The van der Waals surface area contributed by atoms with Crippen LogP contribution in [0.25, 0.3) is 0 Å². The van der Waals surface area contributed by atoms with Gasteiger partial charge in [-0.2, -0.15) is 9.40 Å². The molecule has 1 aromatic heterocycles. The molecule has 8 heteroatoms. The van der Waals surface area contributed by atoms with Crippen LogP contribution in [0.4, 0.5) is 0 Å². The van der Waals surface area contributed by atoms with E-state index >= 15 is 0 Å². The van der Waals surface area contributed by atoms with E-state index in [4.69, 9.17) is 9.47 Å². The predicted octanol–water partition coefficient (Wildman–Crippen LogP) is 2.05. The third kappa shape index (κ3) is 3.54. The number of ether oxygens (including phenoxy) is 2. The third-order valence-corrected chi connectivity index (χ3v) is 5.63. The molecule has 24 heavy (non-hydrogen) atoms. The van der Waals surface area contributed by atoms with Crippen LogP contribution in [0.15, 0.2) is 29.3 Å². The van der Waals surface area contributed by atoms with Gasteiger partial charge in [-0.05, 0) is 26.0 Å². The maximum Gasteiger partial charge on any atom is 0.243 e. The molecule has 0 N–H and O–H groups in total. The Morgan fingerprint density at radius 2 is 1.88 bits per heavy atom. The number of aryl methyl sites for hydroxylation is 2. The summed E-state index contributed by atoms with van der Waals surface area (Å²) in [6.45, 7) is 4.86. The second kappa shape index (κ2) is 7.23. The van der Waals surface area contributed by atoms with Crippen molar-refractivity contribution >= 4 is 10.0 Å². The molecule has 0 atom stereocenters. The van der Waals surface area contributed by atoms with Gasteiger partial charge in [-0.3, -0.25) is 4.68 Å². The Hall–Kier alpha value is -2.06. The number of sulfonamides is 1. The van der Waals surface area contributed by atoms with Gasteiger partial charge in [0, 0.05) is 38.0 Å². The number of benzene rings is 1. The van der Waals surface area contributed by atoms with E-state index in [0.717, 1.165) is 17.8 Å². The quantitative estimate of drug-likeness (QED) is 0.762. The number of aromatic nitrogens is 2. The monoisotopic (exact) mass is 353 g/mol. The summed E-state index contributed by atoms with van der Waals surface area (Å²) < 4.78 is 39.0. The Morgan fingerprint density at radius 1 is 1.21 bits per heavy atom. The smallest absolute Gasteiger partial charge is 0.243 e. The van der Waals surface area contributed by atoms with Gasteiger partial charge in [0.25, 0.3) is 0 Å². The first-order chi connectivity index (χ1) is 11.3.